The van der Waals surface area contributed by atoms with Crippen LogP contribution in [0.25, 0.3) is 0 Å². The van der Waals surface area contributed by atoms with Crippen molar-refractivity contribution in [3.63, 3.8) is 0 Å². The Labute approximate surface area is 135 Å². The second kappa shape index (κ2) is 7.51. The van der Waals surface area contributed by atoms with Gasteiger partial charge in [-0.15, -0.1) is 11.3 Å². The Kier molecular flexibility index (Phi) is 5.69. The first-order valence-electron chi connectivity index (χ1n) is 7.15. The van der Waals surface area contributed by atoms with Crippen LogP contribution in [0.4, 0.5) is 4.39 Å². The molecule has 0 saturated carbocycles. The molecule has 0 atom stereocenters. The number of hydrogen-bond acceptors (Lipinski definition) is 3. The van der Waals surface area contributed by atoms with Gasteiger partial charge in [-0.3, -0.25) is 9.69 Å². The van der Waals surface area contributed by atoms with Gasteiger partial charge in [-0.1, -0.05) is 12.1 Å². The van der Waals surface area contributed by atoms with Crippen molar-refractivity contribution in [2.75, 3.05) is 20.6 Å². The lowest BCUT2D eigenvalue weighted by atomic mass is 10.2. The van der Waals surface area contributed by atoms with E-state index in [1.54, 1.807) is 35.4 Å². The third-order valence-corrected chi connectivity index (χ3v) is 4.55. The number of aryl methyl sites for hydroxylation is 1. The van der Waals surface area contributed by atoms with Crippen LogP contribution in [0.3, 0.4) is 0 Å². The minimum Gasteiger partial charge on any atom is -0.340 e. The Balaban J connectivity index is 1.85. The van der Waals surface area contributed by atoms with Gasteiger partial charge in [0.05, 0.1) is 6.54 Å². The summed E-state index contributed by atoms with van der Waals surface area (Å²) in [5.41, 5.74) is 2.19. The fraction of sp³-hybridized carbons (Fsp3) is 0.353. The summed E-state index contributed by atoms with van der Waals surface area (Å²) in [5, 5.41) is 2.07. The van der Waals surface area contributed by atoms with E-state index in [2.05, 4.69) is 18.4 Å². The minimum absolute atomic E-state index is 0.0565. The molecule has 5 heteroatoms. The predicted molar refractivity (Wildman–Crippen MR) is 88.3 cm³/mol. The van der Waals surface area contributed by atoms with Crippen LogP contribution in [0.15, 0.2) is 35.7 Å². The maximum atomic E-state index is 12.9. The van der Waals surface area contributed by atoms with Gasteiger partial charge in [0.2, 0.25) is 5.91 Å². The molecule has 0 bridgehead atoms. The van der Waals surface area contributed by atoms with Crippen molar-refractivity contribution in [3.05, 3.63) is 57.5 Å². The average molecular weight is 320 g/mol. The van der Waals surface area contributed by atoms with E-state index in [1.165, 1.54) is 22.6 Å². The highest BCUT2D eigenvalue weighted by atomic mass is 32.1. The first kappa shape index (κ1) is 16.6. The summed E-state index contributed by atoms with van der Waals surface area (Å²) in [6, 6.07) is 8.34. The van der Waals surface area contributed by atoms with Crippen molar-refractivity contribution in [3.8, 4) is 0 Å². The van der Waals surface area contributed by atoms with Gasteiger partial charge in [0.1, 0.15) is 5.82 Å². The lowest BCUT2D eigenvalue weighted by Crippen LogP contribution is -2.36. The van der Waals surface area contributed by atoms with Crippen molar-refractivity contribution in [2.24, 2.45) is 0 Å². The number of thiophene rings is 1. The topological polar surface area (TPSA) is 23.6 Å². The lowest BCUT2D eigenvalue weighted by molar-refractivity contribution is -0.131. The normalized spacial score (nSPS) is 11.0. The quantitative estimate of drug-likeness (QED) is 0.815. The van der Waals surface area contributed by atoms with Gasteiger partial charge in [0, 0.05) is 25.0 Å². The molecule has 0 unspecified atom stereocenters. The second-order valence-electron chi connectivity index (χ2n) is 5.58. The van der Waals surface area contributed by atoms with Crippen molar-refractivity contribution in [1.29, 1.82) is 0 Å². The van der Waals surface area contributed by atoms with Gasteiger partial charge in [-0.2, -0.15) is 0 Å². The summed E-state index contributed by atoms with van der Waals surface area (Å²) in [5.74, 6) is -0.204. The maximum Gasteiger partial charge on any atom is 0.236 e. The zero-order chi connectivity index (χ0) is 16.1. The number of amides is 1. The highest BCUT2D eigenvalue weighted by Crippen LogP contribution is 2.17. The maximum absolute atomic E-state index is 12.9. The molecule has 0 radical (unpaired) electrons. The standard InChI is InChI=1S/C17H21FN2OS/c1-13-8-9-22-16(13)11-19(2)12-17(21)20(3)10-14-4-6-15(18)7-5-14/h4-9H,10-12H2,1-3H3. The van der Waals surface area contributed by atoms with Crippen molar-refractivity contribution < 1.29 is 9.18 Å². The molecule has 0 spiro atoms. The third-order valence-electron chi connectivity index (χ3n) is 3.55. The largest absolute Gasteiger partial charge is 0.340 e. The molecule has 0 N–H and O–H groups in total. The molecule has 0 aliphatic heterocycles. The van der Waals surface area contributed by atoms with E-state index in [-0.39, 0.29) is 11.7 Å². The van der Waals surface area contributed by atoms with Crippen LogP contribution in [0.5, 0.6) is 0 Å². The van der Waals surface area contributed by atoms with Crippen LogP contribution in [-0.4, -0.2) is 36.3 Å². The fourth-order valence-electron chi connectivity index (χ4n) is 2.17. The summed E-state index contributed by atoms with van der Waals surface area (Å²) in [4.78, 5) is 17.2. The molecule has 0 saturated heterocycles. The first-order chi connectivity index (χ1) is 10.5. The molecule has 2 rings (SSSR count). The molecule has 22 heavy (non-hydrogen) atoms. The van der Waals surface area contributed by atoms with Gasteiger partial charge in [-0.05, 0) is 48.7 Å². The SMILES string of the molecule is Cc1ccsc1CN(C)CC(=O)N(C)Cc1ccc(F)cc1. The van der Waals surface area contributed by atoms with Crippen LogP contribution in [0.2, 0.25) is 0 Å². The van der Waals surface area contributed by atoms with Crippen LogP contribution in [-0.2, 0) is 17.9 Å². The smallest absolute Gasteiger partial charge is 0.236 e. The molecule has 1 aromatic heterocycles. The Morgan fingerprint density at radius 1 is 1.14 bits per heavy atom. The van der Waals surface area contributed by atoms with Crippen molar-refractivity contribution in [2.45, 2.75) is 20.0 Å². The number of carbonyl (C=O) groups excluding carboxylic acids is 1. The number of nitrogens with zero attached hydrogens (tertiary/aromatic N) is 2. The lowest BCUT2D eigenvalue weighted by Gasteiger charge is -2.22. The summed E-state index contributed by atoms with van der Waals surface area (Å²) in [7, 11) is 3.72. The Bertz CT molecular complexity index is 624. The van der Waals surface area contributed by atoms with Gasteiger partial charge >= 0.3 is 0 Å². The number of halogens is 1. The van der Waals surface area contributed by atoms with E-state index in [9.17, 15) is 9.18 Å². The van der Waals surface area contributed by atoms with E-state index in [0.29, 0.717) is 13.1 Å². The Morgan fingerprint density at radius 2 is 1.82 bits per heavy atom. The monoisotopic (exact) mass is 320 g/mol. The molecule has 0 fully saturated rings. The van der Waals surface area contributed by atoms with E-state index >= 15 is 0 Å². The second-order valence-corrected chi connectivity index (χ2v) is 6.58. The first-order valence-corrected chi connectivity index (χ1v) is 8.03. The van der Waals surface area contributed by atoms with E-state index in [4.69, 9.17) is 0 Å². The van der Waals surface area contributed by atoms with Gasteiger partial charge in [0.25, 0.3) is 0 Å². The van der Waals surface area contributed by atoms with Gasteiger partial charge in [-0.25, -0.2) is 4.39 Å². The fourth-order valence-corrected chi connectivity index (χ4v) is 3.16. The predicted octanol–water partition coefficient (Wildman–Crippen LogP) is 3.29. The molecule has 0 aliphatic carbocycles. The van der Waals surface area contributed by atoms with Gasteiger partial charge in [0.15, 0.2) is 0 Å². The van der Waals surface area contributed by atoms with Crippen molar-refractivity contribution in [1.82, 2.24) is 9.80 Å². The molecule has 1 aromatic carbocycles. The molecule has 0 aliphatic rings. The molecule has 118 valence electrons. The van der Waals surface area contributed by atoms with Crippen LogP contribution in [0, 0.1) is 12.7 Å². The van der Waals surface area contributed by atoms with Crippen LogP contribution in [0.1, 0.15) is 16.0 Å². The highest BCUT2D eigenvalue weighted by Gasteiger charge is 2.13. The average Bonchev–Trinajstić information content (AvgIpc) is 2.86. The Morgan fingerprint density at radius 3 is 2.41 bits per heavy atom. The molecule has 1 amide bonds. The minimum atomic E-state index is -0.260. The Hall–Kier alpha value is -1.72. The molecule has 3 nitrogen and oxygen atoms in total. The third kappa shape index (κ3) is 4.64. The van der Waals surface area contributed by atoms with Crippen LogP contribution < -0.4 is 0 Å². The highest BCUT2D eigenvalue weighted by molar-refractivity contribution is 7.10. The zero-order valence-corrected chi connectivity index (χ0v) is 14.0. The van der Waals surface area contributed by atoms with E-state index < -0.39 is 0 Å². The zero-order valence-electron chi connectivity index (χ0n) is 13.2. The van der Waals surface area contributed by atoms with E-state index in [1.807, 2.05) is 11.9 Å². The number of rotatable bonds is 6. The van der Waals surface area contributed by atoms with Gasteiger partial charge < -0.3 is 4.90 Å². The number of carbonyl (C=O) groups is 1. The molecule has 1 heterocycles. The number of likely N-dealkylation sites (N-methyl/N-ethyl adjacent to an activating group) is 2. The molecule has 2 aromatic rings. The molecular weight excluding hydrogens is 299 g/mol. The summed E-state index contributed by atoms with van der Waals surface area (Å²) in [6.07, 6.45) is 0. The summed E-state index contributed by atoms with van der Waals surface area (Å²) in [6.45, 7) is 3.72. The van der Waals surface area contributed by atoms with Crippen LogP contribution >= 0.6 is 11.3 Å². The number of hydrogen-bond donors (Lipinski definition) is 0. The van der Waals surface area contributed by atoms with Crippen molar-refractivity contribution >= 4 is 17.2 Å². The summed E-state index contributed by atoms with van der Waals surface area (Å²) < 4.78 is 12.9. The molecular formula is C17H21FN2OS. The summed E-state index contributed by atoms with van der Waals surface area (Å²) >= 11 is 1.72. The number of benzene rings is 1. The van der Waals surface area contributed by atoms with E-state index in [0.717, 1.165) is 12.1 Å².